The molecule has 0 aromatic carbocycles. The molecule has 1 aromatic rings. The van der Waals surface area contributed by atoms with Gasteiger partial charge in [-0.05, 0) is 38.7 Å². The maximum Gasteiger partial charge on any atom is 0.341 e. The lowest BCUT2D eigenvalue weighted by molar-refractivity contribution is -0.476. The summed E-state index contributed by atoms with van der Waals surface area (Å²) in [4.78, 5) is 98.1. The Bertz CT molecular complexity index is 2210. The van der Waals surface area contributed by atoms with Crippen molar-refractivity contribution < 1.29 is 95.2 Å². The van der Waals surface area contributed by atoms with Gasteiger partial charge in [-0.2, -0.15) is 0 Å². The van der Waals surface area contributed by atoms with Crippen LogP contribution in [0.15, 0.2) is 23.0 Å². The first-order valence-electron chi connectivity index (χ1n) is 21.3. The third-order valence-electron chi connectivity index (χ3n) is 16.2. The van der Waals surface area contributed by atoms with E-state index in [4.69, 9.17) is 56.5 Å². The number of aliphatic hydroxyl groups is 1. The minimum atomic E-state index is -2.75. The summed E-state index contributed by atoms with van der Waals surface area (Å²) in [7, 11) is 2.28. The highest BCUT2D eigenvalue weighted by Crippen LogP contribution is 2.89. The number of rotatable bonds is 13. The fourth-order valence-electron chi connectivity index (χ4n) is 13.9. The van der Waals surface area contributed by atoms with E-state index < -0.39 is 160 Å². The number of fused-ring (bicyclic) bond motifs is 2. The van der Waals surface area contributed by atoms with E-state index in [1.165, 1.54) is 39.4 Å². The van der Waals surface area contributed by atoms with Crippen LogP contribution < -0.4 is 0 Å². The molecule has 20 nitrogen and oxygen atoms in total. The van der Waals surface area contributed by atoms with Gasteiger partial charge >= 0.3 is 41.8 Å². The lowest BCUT2D eigenvalue weighted by atomic mass is 9.32. The van der Waals surface area contributed by atoms with E-state index >= 15 is 0 Å². The molecule has 20 heteroatoms. The second-order valence-corrected chi connectivity index (χ2v) is 19.3. The van der Waals surface area contributed by atoms with Gasteiger partial charge in [0.1, 0.15) is 23.4 Å². The van der Waals surface area contributed by atoms with Gasteiger partial charge in [-0.25, -0.2) is 4.79 Å². The minimum absolute atomic E-state index is 0.236. The normalized spacial score (nSPS) is 46.5. The molecule has 16 atom stereocenters. The number of hydrogen-bond acceptors (Lipinski definition) is 20. The van der Waals surface area contributed by atoms with E-state index in [-0.39, 0.29) is 12.0 Å². The topological polar surface area (TPSA) is 258 Å². The Labute approximate surface area is 368 Å². The van der Waals surface area contributed by atoms with Crippen molar-refractivity contribution in [3.8, 4) is 0 Å². The van der Waals surface area contributed by atoms with Crippen LogP contribution in [0.4, 0.5) is 0 Å². The summed E-state index contributed by atoms with van der Waals surface area (Å²) in [6.07, 6.45) is -7.70. The Morgan fingerprint density at radius 3 is 2.00 bits per heavy atom. The lowest BCUT2D eigenvalue weighted by Gasteiger charge is -2.78. The van der Waals surface area contributed by atoms with Crippen molar-refractivity contribution in [2.75, 3.05) is 14.2 Å². The summed E-state index contributed by atoms with van der Waals surface area (Å²) in [5, 5.41) is 14.3. The number of ether oxygens (including phenoxy) is 11. The van der Waals surface area contributed by atoms with Gasteiger partial charge in [0.25, 0.3) is 5.97 Å². The van der Waals surface area contributed by atoms with Gasteiger partial charge in [-0.3, -0.25) is 28.8 Å². The molecular weight excluding hydrogens is 848 g/mol. The molecule has 3 saturated heterocycles. The van der Waals surface area contributed by atoms with Crippen molar-refractivity contribution in [1.29, 1.82) is 0 Å². The summed E-state index contributed by atoms with van der Waals surface area (Å²) < 4.78 is 75.5. The summed E-state index contributed by atoms with van der Waals surface area (Å²) in [5.74, 6) is -9.94. The number of epoxide rings is 1. The van der Waals surface area contributed by atoms with E-state index in [2.05, 4.69) is 0 Å². The molecule has 1 N–H and O–H groups in total. The van der Waals surface area contributed by atoms with Crippen LogP contribution in [0, 0.1) is 22.2 Å². The van der Waals surface area contributed by atoms with Crippen LogP contribution in [0.5, 0.6) is 0 Å². The summed E-state index contributed by atoms with van der Waals surface area (Å²) in [5.41, 5.74) is -19.7. The second kappa shape index (κ2) is 13.9. The largest absolute Gasteiger partial charge is 0.472 e. The molecule has 0 amide bonds. The summed E-state index contributed by atoms with van der Waals surface area (Å²) in [6.45, 7) is 14.0. The Hall–Kier alpha value is -4.63. The number of methoxy groups -OCH3 is 2. The number of hydrogen-bond donors (Lipinski definition) is 1. The van der Waals surface area contributed by atoms with Crippen LogP contribution in [0.25, 0.3) is 0 Å². The molecule has 1 aromatic heterocycles. The van der Waals surface area contributed by atoms with Crippen LogP contribution in [-0.2, 0) is 85.7 Å². The molecule has 1 spiro atoms. The van der Waals surface area contributed by atoms with Crippen molar-refractivity contribution in [3.05, 3.63) is 24.2 Å². The van der Waals surface area contributed by atoms with Gasteiger partial charge in [0.2, 0.25) is 5.60 Å². The fourth-order valence-corrected chi connectivity index (χ4v) is 13.9. The Kier molecular flexibility index (Phi) is 10.0. The zero-order valence-corrected chi connectivity index (χ0v) is 37.9. The molecule has 4 bridgehead atoms. The lowest BCUT2D eigenvalue weighted by Crippen LogP contribution is -2.99. The molecule has 3 aliphatic heterocycles. The molecular formula is C44H56O20. The molecule has 4 heterocycles. The fraction of sp³-hybridized carbons (Fsp3) is 0.750. The quantitative estimate of drug-likeness (QED) is 0.170. The zero-order valence-electron chi connectivity index (χ0n) is 37.9. The Balaban J connectivity index is 1.59. The molecule has 352 valence electrons. The van der Waals surface area contributed by atoms with Crippen LogP contribution >= 0.6 is 0 Å². The van der Waals surface area contributed by atoms with E-state index in [0.717, 1.165) is 35.0 Å². The van der Waals surface area contributed by atoms with Gasteiger partial charge in [0.05, 0.1) is 39.3 Å². The molecule has 7 aliphatic rings. The highest BCUT2D eigenvalue weighted by molar-refractivity contribution is 5.84. The van der Waals surface area contributed by atoms with Gasteiger partial charge in [0.15, 0.2) is 29.0 Å². The maximum atomic E-state index is 14.5. The molecule has 0 radical (unpaired) electrons. The van der Waals surface area contributed by atoms with Gasteiger partial charge in [-0.1, -0.05) is 27.7 Å². The van der Waals surface area contributed by atoms with E-state index in [9.17, 15) is 38.7 Å². The van der Waals surface area contributed by atoms with Crippen molar-refractivity contribution in [1.82, 2.24) is 0 Å². The van der Waals surface area contributed by atoms with Crippen LogP contribution in [-0.4, -0.2) is 125 Å². The highest BCUT2D eigenvalue weighted by Gasteiger charge is 3.07. The number of carbonyl (C=O) groups excluding carboxylic acids is 7. The predicted octanol–water partition coefficient (Wildman–Crippen LogP) is 2.82. The standard InChI is InChI=1S/C44H56O20/c1-13-28(48)58-33-42(61-24(5)47)32(59-34(51)37(8)21(2)60-37)35(6)20-40(42,52)38(9,26(35)16-29(49)53-11)43-27(56-22(3)45)17-36(7,31(57-23(4)46)25-14-15-55-19-25)41(18-30(50)54-12)44(33,43)64-39(10,62-41)63-43/h14-15,19,21,26-27,31-33,52H,13,16-18,20H2,1-12H3/t21-,26+,27-,31+,32+,33-,35+,36+,37+,38-,39?,40-,41+,42+,43+,44+/m1/s1. The van der Waals surface area contributed by atoms with Gasteiger partial charge in [0, 0.05) is 62.3 Å². The smallest absolute Gasteiger partial charge is 0.341 e. The number of furan rings is 1. The summed E-state index contributed by atoms with van der Waals surface area (Å²) in [6, 6.07) is 1.50. The predicted molar refractivity (Wildman–Crippen MR) is 207 cm³/mol. The average Bonchev–Trinajstić information content (AvgIpc) is 3.67. The van der Waals surface area contributed by atoms with Crippen molar-refractivity contribution in [3.63, 3.8) is 0 Å². The van der Waals surface area contributed by atoms with Crippen LogP contribution in [0.1, 0.15) is 113 Å². The molecule has 7 fully saturated rings. The van der Waals surface area contributed by atoms with Crippen molar-refractivity contribution in [2.24, 2.45) is 22.2 Å². The van der Waals surface area contributed by atoms with E-state index in [1.807, 2.05) is 0 Å². The van der Waals surface area contributed by atoms with E-state index in [0.29, 0.717) is 0 Å². The first kappa shape index (κ1) is 45.9. The van der Waals surface area contributed by atoms with Crippen LogP contribution in [0.3, 0.4) is 0 Å². The first-order chi connectivity index (χ1) is 29.7. The molecule has 4 aliphatic carbocycles. The highest BCUT2D eigenvalue weighted by atomic mass is 17.0. The Morgan fingerprint density at radius 1 is 0.828 bits per heavy atom. The molecule has 64 heavy (non-hydrogen) atoms. The minimum Gasteiger partial charge on any atom is -0.472 e. The third-order valence-corrected chi connectivity index (χ3v) is 16.2. The zero-order chi connectivity index (χ0) is 47.2. The monoisotopic (exact) mass is 904 g/mol. The average molecular weight is 905 g/mol. The molecule has 4 saturated carbocycles. The number of carbonyl (C=O) groups is 7. The second-order valence-electron chi connectivity index (χ2n) is 19.3. The molecule has 1 unspecified atom stereocenters. The van der Waals surface area contributed by atoms with E-state index in [1.54, 1.807) is 27.7 Å². The van der Waals surface area contributed by atoms with Crippen LogP contribution in [0.2, 0.25) is 0 Å². The third kappa shape index (κ3) is 5.14. The first-order valence-corrected chi connectivity index (χ1v) is 21.3. The SMILES string of the molecule is CCC(=O)O[C@@H]1[C@@]2(OC(C)=O)[C@@H](OC(=O)[C@@]3(C)O[C@@H]3C)[C@@]3(C)C[C@@]2(O)[C@@](C)([C@H]3CC(=O)OC)[C@]23OC4(C)O[C@](CC(=O)OC)([C@@]12O4)[C@](C)([C@@H](OC(C)=O)c1ccoc1)C[C@H]3OC(C)=O. The van der Waals surface area contributed by atoms with Gasteiger partial charge < -0.3 is 61.6 Å². The van der Waals surface area contributed by atoms with Crippen molar-refractivity contribution in [2.45, 2.75) is 171 Å². The maximum absolute atomic E-state index is 14.5. The molecule has 8 rings (SSSR count). The number of esters is 7. The Morgan fingerprint density at radius 2 is 1.47 bits per heavy atom. The van der Waals surface area contributed by atoms with Crippen molar-refractivity contribution >= 4 is 41.8 Å². The van der Waals surface area contributed by atoms with Gasteiger partial charge in [-0.15, -0.1) is 0 Å². The summed E-state index contributed by atoms with van der Waals surface area (Å²) >= 11 is 0.